The van der Waals surface area contributed by atoms with Crippen LogP contribution in [0.5, 0.6) is 0 Å². The van der Waals surface area contributed by atoms with Crippen molar-refractivity contribution in [2.45, 2.75) is 12.8 Å². The van der Waals surface area contributed by atoms with Crippen LogP contribution in [-0.2, 0) is 11.2 Å². The molecule has 0 radical (unpaired) electrons. The number of halogens is 2. The maximum Gasteiger partial charge on any atom is 0.238 e. The zero-order chi connectivity index (χ0) is 16.2. The van der Waals surface area contributed by atoms with Crippen LogP contribution < -0.4 is 5.32 Å². The first-order valence-electron chi connectivity index (χ1n) is 6.73. The van der Waals surface area contributed by atoms with Gasteiger partial charge in [-0.1, -0.05) is 5.16 Å². The molecule has 0 atom stereocenters. The Bertz CT molecular complexity index is 815. The van der Waals surface area contributed by atoms with Crippen LogP contribution in [0.1, 0.15) is 12.3 Å². The van der Waals surface area contributed by atoms with Crippen molar-refractivity contribution in [3.05, 3.63) is 54.1 Å². The van der Waals surface area contributed by atoms with E-state index in [2.05, 4.69) is 15.5 Å². The van der Waals surface area contributed by atoms with Gasteiger partial charge in [0.1, 0.15) is 0 Å². The lowest BCUT2D eigenvalue weighted by molar-refractivity contribution is -0.116. The Morgan fingerprint density at radius 3 is 2.83 bits per heavy atom. The molecule has 0 bridgehead atoms. The van der Waals surface area contributed by atoms with Gasteiger partial charge in [-0.25, -0.2) is 8.78 Å². The van der Waals surface area contributed by atoms with Gasteiger partial charge in [0.2, 0.25) is 17.6 Å². The summed E-state index contributed by atoms with van der Waals surface area (Å²) < 4.78 is 36.0. The second kappa shape index (κ2) is 6.39. The Kier molecular flexibility index (Phi) is 4.13. The van der Waals surface area contributed by atoms with Gasteiger partial charge >= 0.3 is 0 Å². The minimum Gasteiger partial charge on any atom is -0.461 e. The Balaban J connectivity index is 1.55. The van der Waals surface area contributed by atoms with Gasteiger partial charge in [0.15, 0.2) is 17.4 Å². The standard InChI is InChI=1S/C15H11F2N3O3/c16-10-4-3-9(8-11(10)17)18-13(21)5-6-14-19-15(20-23-14)12-2-1-7-22-12/h1-4,7-8H,5-6H2,(H,18,21). The highest BCUT2D eigenvalue weighted by molar-refractivity contribution is 5.90. The molecule has 1 aromatic carbocycles. The fourth-order valence-corrected chi connectivity index (χ4v) is 1.88. The maximum absolute atomic E-state index is 13.0. The molecule has 0 aliphatic rings. The van der Waals surface area contributed by atoms with Crippen LogP contribution in [0.4, 0.5) is 14.5 Å². The third-order valence-electron chi connectivity index (χ3n) is 2.98. The van der Waals surface area contributed by atoms with Crippen LogP contribution in [0, 0.1) is 11.6 Å². The van der Waals surface area contributed by atoms with E-state index in [0.717, 1.165) is 12.1 Å². The zero-order valence-electron chi connectivity index (χ0n) is 11.8. The van der Waals surface area contributed by atoms with E-state index >= 15 is 0 Å². The summed E-state index contributed by atoms with van der Waals surface area (Å²) in [5, 5.41) is 6.20. The van der Waals surface area contributed by atoms with E-state index in [1.807, 2.05) is 0 Å². The summed E-state index contributed by atoms with van der Waals surface area (Å²) >= 11 is 0. The predicted molar refractivity (Wildman–Crippen MR) is 75.3 cm³/mol. The van der Waals surface area contributed by atoms with E-state index in [-0.39, 0.29) is 30.3 Å². The third kappa shape index (κ3) is 3.60. The molecule has 0 unspecified atom stereocenters. The van der Waals surface area contributed by atoms with E-state index in [9.17, 15) is 13.6 Å². The van der Waals surface area contributed by atoms with E-state index in [1.165, 1.54) is 12.3 Å². The number of carbonyl (C=O) groups is 1. The average molecular weight is 319 g/mol. The van der Waals surface area contributed by atoms with Crippen molar-refractivity contribution in [1.82, 2.24) is 10.1 Å². The smallest absolute Gasteiger partial charge is 0.238 e. The summed E-state index contributed by atoms with van der Waals surface area (Å²) in [7, 11) is 0. The SMILES string of the molecule is O=C(CCc1nc(-c2ccco2)no1)Nc1ccc(F)c(F)c1. The van der Waals surface area contributed by atoms with Crippen molar-refractivity contribution in [2.75, 3.05) is 5.32 Å². The number of benzene rings is 1. The molecule has 0 saturated heterocycles. The summed E-state index contributed by atoms with van der Waals surface area (Å²) in [4.78, 5) is 15.9. The molecular formula is C15H11F2N3O3. The number of amides is 1. The maximum atomic E-state index is 13.0. The van der Waals surface area contributed by atoms with Gasteiger partial charge in [0, 0.05) is 24.6 Å². The monoisotopic (exact) mass is 319 g/mol. The van der Waals surface area contributed by atoms with Gasteiger partial charge in [-0.15, -0.1) is 0 Å². The van der Waals surface area contributed by atoms with Crippen LogP contribution in [-0.4, -0.2) is 16.0 Å². The summed E-state index contributed by atoms with van der Waals surface area (Å²) in [6, 6.07) is 6.51. The quantitative estimate of drug-likeness (QED) is 0.781. The van der Waals surface area contributed by atoms with Gasteiger partial charge in [-0.2, -0.15) is 4.98 Å². The molecule has 23 heavy (non-hydrogen) atoms. The lowest BCUT2D eigenvalue weighted by Crippen LogP contribution is -2.12. The van der Waals surface area contributed by atoms with Crippen molar-refractivity contribution < 1.29 is 22.5 Å². The number of hydrogen-bond acceptors (Lipinski definition) is 5. The highest BCUT2D eigenvalue weighted by Gasteiger charge is 2.13. The first-order valence-corrected chi connectivity index (χ1v) is 6.73. The zero-order valence-corrected chi connectivity index (χ0v) is 11.8. The van der Waals surface area contributed by atoms with Crippen molar-refractivity contribution in [3.63, 3.8) is 0 Å². The fourth-order valence-electron chi connectivity index (χ4n) is 1.88. The molecule has 0 fully saturated rings. The van der Waals surface area contributed by atoms with Gasteiger partial charge < -0.3 is 14.3 Å². The molecule has 8 heteroatoms. The number of nitrogens with zero attached hydrogens (tertiary/aromatic N) is 2. The first kappa shape index (κ1) is 14.9. The van der Waals surface area contributed by atoms with Crippen molar-refractivity contribution in [2.24, 2.45) is 0 Å². The van der Waals surface area contributed by atoms with E-state index in [4.69, 9.17) is 8.94 Å². The van der Waals surface area contributed by atoms with Gasteiger partial charge in [0.05, 0.1) is 6.26 Å². The molecular weight excluding hydrogens is 308 g/mol. The van der Waals surface area contributed by atoms with Crippen molar-refractivity contribution >= 4 is 11.6 Å². The molecule has 0 saturated carbocycles. The second-order valence-corrected chi connectivity index (χ2v) is 4.67. The molecule has 0 aliphatic carbocycles. The normalized spacial score (nSPS) is 10.7. The van der Waals surface area contributed by atoms with Gasteiger partial charge in [-0.3, -0.25) is 4.79 Å². The molecule has 1 amide bonds. The van der Waals surface area contributed by atoms with Crippen LogP contribution in [0.3, 0.4) is 0 Å². The molecule has 2 aromatic heterocycles. The van der Waals surface area contributed by atoms with Crippen LogP contribution in [0.2, 0.25) is 0 Å². The molecule has 3 rings (SSSR count). The molecule has 0 spiro atoms. The van der Waals surface area contributed by atoms with Crippen LogP contribution >= 0.6 is 0 Å². The minimum atomic E-state index is -1.03. The minimum absolute atomic E-state index is 0.0543. The number of nitrogens with one attached hydrogen (secondary N) is 1. The number of aromatic nitrogens is 2. The molecule has 118 valence electrons. The van der Waals surface area contributed by atoms with E-state index in [1.54, 1.807) is 12.1 Å². The fraction of sp³-hybridized carbons (Fsp3) is 0.133. The summed E-state index contributed by atoms with van der Waals surface area (Å²) in [5.41, 5.74) is 0.177. The van der Waals surface area contributed by atoms with Crippen LogP contribution in [0.15, 0.2) is 45.5 Å². The second-order valence-electron chi connectivity index (χ2n) is 4.67. The average Bonchev–Trinajstić information content (AvgIpc) is 3.19. The number of aryl methyl sites for hydroxylation is 1. The molecule has 1 N–H and O–H groups in total. The summed E-state index contributed by atoms with van der Waals surface area (Å²) in [6.45, 7) is 0. The lowest BCUT2D eigenvalue weighted by Gasteiger charge is -2.04. The highest BCUT2D eigenvalue weighted by atomic mass is 19.2. The number of carbonyl (C=O) groups excluding carboxylic acids is 1. The number of rotatable bonds is 5. The first-order chi connectivity index (χ1) is 11.1. The van der Waals surface area contributed by atoms with Gasteiger partial charge in [0.25, 0.3) is 0 Å². The largest absolute Gasteiger partial charge is 0.461 e. The molecule has 3 aromatic rings. The topological polar surface area (TPSA) is 81.2 Å². The predicted octanol–water partition coefficient (Wildman–Crippen LogP) is 3.18. The van der Waals surface area contributed by atoms with Crippen molar-refractivity contribution in [3.8, 4) is 11.6 Å². The lowest BCUT2D eigenvalue weighted by atomic mass is 10.2. The highest BCUT2D eigenvalue weighted by Crippen LogP contribution is 2.17. The summed E-state index contributed by atoms with van der Waals surface area (Å²) in [6.07, 6.45) is 1.75. The Labute approximate surface area is 129 Å². The van der Waals surface area contributed by atoms with Crippen LogP contribution in [0.25, 0.3) is 11.6 Å². The van der Waals surface area contributed by atoms with E-state index in [0.29, 0.717) is 11.6 Å². The third-order valence-corrected chi connectivity index (χ3v) is 2.98. The number of anilines is 1. The van der Waals surface area contributed by atoms with Gasteiger partial charge in [-0.05, 0) is 24.3 Å². The Hall–Kier alpha value is -3.03. The number of hydrogen-bond donors (Lipinski definition) is 1. The molecule has 2 heterocycles. The van der Waals surface area contributed by atoms with E-state index < -0.39 is 11.6 Å². The summed E-state index contributed by atoms with van der Waals surface area (Å²) in [5.74, 6) is -1.34. The molecule has 6 nitrogen and oxygen atoms in total. The molecule has 0 aliphatic heterocycles. The number of furan rings is 1. The Morgan fingerprint density at radius 1 is 1.22 bits per heavy atom. The Morgan fingerprint density at radius 2 is 2.09 bits per heavy atom. The van der Waals surface area contributed by atoms with Crippen molar-refractivity contribution in [1.29, 1.82) is 0 Å².